The topological polar surface area (TPSA) is 72.2 Å². The first-order valence-electron chi connectivity index (χ1n) is 9.52. The van der Waals surface area contributed by atoms with Gasteiger partial charge in [-0.05, 0) is 42.8 Å². The summed E-state index contributed by atoms with van der Waals surface area (Å²) in [5.41, 5.74) is 3.50. The molecular weight excluding hydrogens is 418 g/mol. The third-order valence-corrected chi connectivity index (χ3v) is 5.92. The molecule has 2 aromatic heterocycles. The average molecular weight is 438 g/mol. The molecular formula is C22H20ClN5OS. The van der Waals surface area contributed by atoms with Crippen molar-refractivity contribution >= 4 is 34.9 Å². The Labute approximate surface area is 183 Å². The number of carbonyl (C=O) groups is 1. The van der Waals surface area contributed by atoms with Crippen molar-refractivity contribution in [3.63, 3.8) is 0 Å². The Hall–Kier alpha value is -2.90. The van der Waals surface area contributed by atoms with Gasteiger partial charge in [-0.25, -0.2) is 0 Å². The van der Waals surface area contributed by atoms with Gasteiger partial charge in [-0.15, -0.1) is 10.2 Å². The van der Waals surface area contributed by atoms with Crippen LogP contribution in [0.3, 0.4) is 0 Å². The number of rotatable bonds is 7. The van der Waals surface area contributed by atoms with E-state index in [1.807, 2.05) is 67.6 Å². The molecule has 1 amide bonds. The fourth-order valence-electron chi connectivity index (χ4n) is 2.91. The summed E-state index contributed by atoms with van der Waals surface area (Å²) in [7, 11) is 0. The van der Waals surface area contributed by atoms with Gasteiger partial charge in [-0.1, -0.05) is 59.3 Å². The first-order chi connectivity index (χ1) is 14.6. The molecule has 2 heterocycles. The second-order valence-corrected chi connectivity index (χ2v) is 8.21. The van der Waals surface area contributed by atoms with Gasteiger partial charge in [0.05, 0.1) is 0 Å². The summed E-state index contributed by atoms with van der Waals surface area (Å²) in [6, 6.07) is 19.1. The molecule has 6 nitrogen and oxygen atoms in total. The minimum Gasteiger partial charge on any atom is -0.352 e. The predicted molar refractivity (Wildman–Crippen MR) is 119 cm³/mol. The zero-order chi connectivity index (χ0) is 20.9. The van der Waals surface area contributed by atoms with Crippen LogP contribution >= 0.6 is 23.4 Å². The van der Waals surface area contributed by atoms with E-state index in [1.54, 1.807) is 16.3 Å². The molecule has 0 saturated heterocycles. The summed E-state index contributed by atoms with van der Waals surface area (Å²) >= 11 is 7.83. The van der Waals surface area contributed by atoms with E-state index in [2.05, 4.69) is 20.6 Å². The van der Waals surface area contributed by atoms with E-state index >= 15 is 0 Å². The Morgan fingerprint density at radius 3 is 2.67 bits per heavy atom. The van der Waals surface area contributed by atoms with E-state index in [0.29, 0.717) is 30.0 Å². The van der Waals surface area contributed by atoms with Crippen LogP contribution in [0.2, 0.25) is 5.02 Å². The summed E-state index contributed by atoms with van der Waals surface area (Å²) < 4.78 is 1.73. The van der Waals surface area contributed by atoms with E-state index < -0.39 is 0 Å². The van der Waals surface area contributed by atoms with Crippen LogP contribution in [0.15, 0.2) is 65.7 Å². The molecule has 2 aromatic carbocycles. The molecule has 0 radical (unpaired) electrons. The van der Waals surface area contributed by atoms with Crippen LogP contribution in [0.25, 0.3) is 5.65 Å². The maximum absolute atomic E-state index is 12.3. The second-order valence-electron chi connectivity index (χ2n) is 6.81. The fourth-order valence-corrected chi connectivity index (χ4v) is 4.05. The number of hydrogen-bond acceptors (Lipinski definition) is 5. The summed E-state index contributed by atoms with van der Waals surface area (Å²) in [4.78, 5) is 12.3. The SMILES string of the molecule is Cc1ccc(C(=O)NCCc2nnc3ccc(SCc4ccccc4Cl)nn23)cc1. The molecule has 1 N–H and O–H groups in total. The molecule has 0 saturated carbocycles. The lowest BCUT2D eigenvalue weighted by molar-refractivity contribution is 0.0954. The van der Waals surface area contributed by atoms with E-state index in [1.165, 1.54) is 0 Å². The predicted octanol–water partition coefficient (Wildman–Crippen LogP) is 4.35. The van der Waals surface area contributed by atoms with Crippen LogP contribution in [0.1, 0.15) is 27.3 Å². The Morgan fingerprint density at radius 1 is 1.07 bits per heavy atom. The first-order valence-corrected chi connectivity index (χ1v) is 10.9. The van der Waals surface area contributed by atoms with Crippen molar-refractivity contribution in [2.45, 2.75) is 24.1 Å². The number of aryl methyl sites for hydroxylation is 1. The number of carbonyl (C=O) groups excluding carboxylic acids is 1. The van der Waals surface area contributed by atoms with Gasteiger partial charge in [0.2, 0.25) is 0 Å². The smallest absolute Gasteiger partial charge is 0.251 e. The standard InChI is InChI=1S/C22H20ClN5OS/c1-15-6-8-16(9-7-15)22(29)24-13-12-20-26-25-19-10-11-21(27-28(19)20)30-14-17-4-2-3-5-18(17)23/h2-11H,12-14H2,1H3,(H,24,29). The second kappa shape index (κ2) is 9.28. The van der Waals surface area contributed by atoms with Gasteiger partial charge in [0, 0.05) is 29.3 Å². The van der Waals surface area contributed by atoms with Crippen molar-refractivity contribution in [2.24, 2.45) is 0 Å². The monoisotopic (exact) mass is 437 g/mol. The Morgan fingerprint density at radius 2 is 1.87 bits per heavy atom. The molecule has 0 aliphatic heterocycles. The molecule has 0 aliphatic rings. The first kappa shape index (κ1) is 20.4. The number of thioether (sulfide) groups is 1. The summed E-state index contributed by atoms with van der Waals surface area (Å²) in [5, 5.41) is 17.6. The highest BCUT2D eigenvalue weighted by Crippen LogP contribution is 2.25. The highest BCUT2D eigenvalue weighted by Gasteiger charge is 2.10. The number of amides is 1. The van der Waals surface area contributed by atoms with Gasteiger partial charge in [-0.2, -0.15) is 9.61 Å². The molecule has 152 valence electrons. The molecule has 0 atom stereocenters. The minimum absolute atomic E-state index is 0.104. The van der Waals surface area contributed by atoms with Gasteiger partial charge in [-0.3, -0.25) is 4.79 Å². The van der Waals surface area contributed by atoms with Crippen LogP contribution in [-0.4, -0.2) is 32.3 Å². The number of nitrogens with one attached hydrogen (secondary N) is 1. The molecule has 4 rings (SSSR count). The van der Waals surface area contributed by atoms with Gasteiger partial charge in [0.25, 0.3) is 5.91 Å². The third kappa shape index (κ3) is 4.80. The fraction of sp³-hybridized carbons (Fsp3) is 0.182. The van der Waals surface area contributed by atoms with Gasteiger partial charge in [0.1, 0.15) is 5.03 Å². The van der Waals surface area contributed by atoms with Crippen molar-refractivity contribution in [1.82, 2.24) is 25.1 Å². The third-order valence-electron chi connectivity index (χ3n) is 4.58. The number of benzene rings is 2. The molecule has 0 aliphatic carbocycles. The van der Waals surface area contributed by atoms with Crippen LogP contribution in [-0.2, 0) is 12.2 Å². The quantitative estimate of drug-likeness (QED) is 0.435. The molecule has 4 aromatic rings. The van der Waals surface area contributed by atoms with Crippen molar-refractivity contribution in [3.8, 4) is 0 Å². The molecule has 30 heavy (non-hydrogen) atoms. The molecule has 8 heteroatoms. The van der Waals surface area contributed by atoms with Gasteiger partial charge >= 0.3 is 0 Å². The normalized spacial score (nSPS) is 11.0. The van der Waals surface area contributed by atoms with Crippen LogP contribution in [0.4, 0.5) is 0 Å². The van der Waals surface area contributed by atoms with Crippen molar-refractivity contribution in [1.29, 1.82) is 0 Å². The van der Waals surface area contributed by atoms with Crippen LogP contribution in [0.5, 0.6) is 0 Å². The van der Waals surface area contributed by atoms with Crippen molar-refractivity contribution < 1.29 is 4.79 Å². The zero-order valence-electron chi connectivity index (χ0n) is 16.4. The molecule has 0 bridgehead atoms. The number of aromatic nitrogens is 4. The van der Waals surface area contributed by atoms with E-state index in [4.69, 9.17) is 11.6 Å². The van der Waals surface area contributed by atoms with Gasteiger partial charge in [0.15, 0.2) is 11.5 Å². The van der Waals surface area contributed by atoms with E-state index in [9.17, 15) is 4.79 Å². The highest BCUT2D eigenvalue weighted by atomic mass is 35.5. The minimum atomic E-state index is -0.104. The number of nitrogens with zero attached hydrogens (tertiary/aromatic N) is 4. The number of hydrogen-bond donors (Lipinski definition) is 1. The van der Waals surface area contributed by atoms with Gasteiger partial charge < -0.3 is 5.32 Å². The zero-order valence-corrected chi connectivity index (χ0v) is 18.0. The van der Waals surface area contributed by atoms with Crippen molar-refractivity contribution in [3.05, 3.63) is 88.2 Å². The Balaban J connectivity index is 1.39. The van der Waals surface area contributed by atoms with E-state index in [-0.39, 0.29) is 5.91 Å². The molecule has 0 spiro atoms. The lowest BCUT2D eigenvalue weighted by Crippen LogP contribution is -2.26. The summed E-state index contributed by atoms with van der Waals surface area (Å²) in [6.45, 7) is 2.44. The maximum atomic E-state index is 12.3. The molecule has 0 unspecified atom stereocenters. The number of halogens is 1. The maximum Gasteiger partial charge on any atom is 0.251 e. The number of fused-ring (bicyclic) bond motifs is 1. The molecule has 0 fully saturated rings. The lowest BCUT2D eigenvalue weighted by Gasteiger charge is -2.06. The summed E-state index contributed by atoms with van der Waals surface area (Å²) in [6.07, 6.45) is 0.532. The largest absolute Gasteiger partial charge is 0.352 e. The van der Waals surface area contributed by atoms with E-state index in [0.717, 1.165) is 26.9 Å². The van der Waals surface area contributed by atoms with Crippen LogP contribution < -0.4 is 5.32 Å². The van der Waals surface area contributed by atoms with Crippen LogP contribution in [0, 0.1) is 6.92 Å². The lowest BCUT2D eigenvalue weighted by atomic mass is 10.1. The highest BCUT2D eigenvalue weighted by molar-refractivity contribution is 7.98. The average Bonchev–Trinajstić information content (AvgIpc) is 3.16. The Bertz CT molecular complexity index is 1180. The van der Waals surface area contributed by atoms with Crippen molar-refractivity contribution in [2.75, 3.05) is 6.54 Å². The summed E-state index contributed by atoms with van der Waals surface area (Å²) in [5.74, 6) is 1.32. The Kier molecular flexibility index (Phi) is 6.30.